The van der Waals surface area contributed by atoms with Gasteiger partial charge in [-0.15, -0.1) is 0 Å². The maximum atomic E-state index is 6.48. The first kappa shape index (κ1) is 30.3. The van der Waals surface area contributed by atoms with Crippen molar-refractivity contribution in [2.45, 2.75) is 0 Å². The summed E-state index contributed by atoms with van der Waals surface area (Å²) in [4.78, 5) is 7.42. The third kappa shape index (κ3) is 4.76. The van der Waals surface area contributed by atoms with Gasteiger partial charge in [-0.05, 0) is 96.1 Å². The molecule has 0 aliphatic carbocycles. The van der Waals surface area contributed by atoms with Crippen LogP contribution in [-0.2, 0) is 0 Å². The molecule has 0 aliphatic rings. The van der Waals surface area contributed by atoms with Crippen LogP contribution in [0.5, 0.6) is 0 Å². The molecule has 54 heavy (non-hydrogen) atoms. The van der Waals surface area contributed by atoms with Gasteiger partial charge in [0.15, 0.2) is 5.58 Å². The van der Waals surface area contributed by atoms with Crippen molar-refractivity contribution in [3.05, 3.63) is 188 Å². The van der Waals surface area contributed by atoms with Crippen LogP contribution in [0, 0.1) is 0 Å². The molecule has 3 aromatic heterocycles. The Bertz CT molecular complexity index is 3160. The molecule has 5 nitrogen and oxygen atoms in total. The number of hydrogen-bond donors (Lipinski definition) is 0. The molecule has 0 unspecified atom stereocenters. The van der Waals surface area contributed by atoms with Gasteiger partial charge in [0.05, 0.1) is 22.1 Å². The minimum absolute atomic E-state index is 0.587. The number of nitrogens with zero attached hydrogens (tertiary/aromatic N) is 3. The van der Waals surface area contributed by atoms with Crippen molar-refractivity contribution in [1.82, 2.24) is 9.55 Å². The Morgan fingerprint density at radius 2 is 1.07 bits per heavy atom. The second-order valence-corrected chi connectivity index (χ2v) is 13.6. The summed E-state index contributed by atoms with van der Waals surface area (Å²) in [5.74, 6) is 0.587. The number of aromatic nitrogens is 2. The van der Waals surface area contributed by atoms with Gasteiger partial charge in [-0.3, -0.25) is 0 Å². The van der Waals surface area contributed by atoms with E-state index in [9.17, 15) is 0 Å². The summed E-state index contributed by atoms with van der Waals surface area (Å²) in [5.41, 5.74) is 12.9. The average Bonchev–Trinajstić information content (AvgIpc) is 3.94. The fourth-order valence-corrected chi connectivity index (χ4v) is 8.01. The van der Waals surface area contributed by atoms with Crippen molar-refractivity contribution in [3.8, 4) is 28.3 Å². The maximum Gasteiger partial charge on any atom is 0.227 e. The standard InChI is InChI=1S/C49H31N3O2/c1-4-14-32(15-5-1)34-18-12-21-36(30-34)51(41-24-13-25-42-46(41)38-22-10-11-23-40(38)52(42)35-19-8-3-9-20-35)37-26-27-43-39(31-37)47-44(53-43)28-29-45-48(47)50-49(54-45)33-16-6-2-7-17-33/h1-31H. The van der Waals surface area contributed by atoms with Crippen molar-refractivity contribution in [2.24, 2.45) is 0 Å². The first-order chi connectivity index (χ1) is 26.8. The van der Waals surface area contributed by atoms with E-state index in [-0.39, 0.29) is 0 Å². The second kappa shape index (κ2) is 12.1. The van der Waals surface area contributed by atoms with E-state index in [0.29, 0.717) is 5.89 Å². The van der Waals surface area contributed by atoms with E-state index < -0.39 is 0 Å². The Kier molecular flexibility index (Phi) is 6.79. The molecule has 0 bridgehead atoms. The summed E-state index contributed by atoms with van der Waals surface area (Å²) in [6.45, 7) is 0. The molecule has 3 heterocycles. The lowest BCUT2D eigenvalue weighted by atomic mass is 10.0. The molecule has 0 saturated heterocycles. The molecule has 0 N–H and O–H groups in total. The Morgan fingerprint density at radius 1 is 0.426 bits per heavy atom. The number of furan rings is 1. The van der Waals surface area contributed by atoms with Crippen molar-refractivity contribution < 1.29 is 8.83 Å². The Labute approximate surface area is 310 Å². The third-order valence-corrected chi connectivity index (χ3v) is 10.4. The molecule has 11 aromatic rings. The average molecular weight is 694 g/mol. The molecule has 0 aliphatic heterocycles. The largest absolute Gasteiger partial charge is 0.456 e. The number of oxazole rings is 1. The van der Waals surface area contributed by atoms with Crippen LogP contribution in [0.1, 0.15) is 0 Å². The maximum absolute atomic E-state index is 6.48. The van der Waals surface area contributed by atoms with Crippen molar-refractivity contribution in [1.29, 1.82) is 0 Å². The number of para-hydroxylation sites is 2. The summed E-state index contributed by atoms with van der Waals surface area (Å²) in [5, 5.41) is 4.27. The van der Waals surface area contributed by atoms with Crippen LogP contribution in [0.25, 0.3) is 83.1 Å². The molecule has 0 spiro atoms. The second-order valence-electron chi connectivity index (χ2n) is 13.6. The highest BCUT2D eigenvalue weighted by Crippen LogP contribution is 2.46. The molecule has 0 fully saturated rings. The van der Waals surface area contributed by atoms with E-state index >= 15 is 0 Å². The van der Waals surface area contributed by atoms with E-state index in [4.69, 9.17) is 13.8 Å². The molecular weight excluding hydrogens is 663 g/mol. The normalized spacial score (nSPS) is 11.7. The lowest BCUT2D eigenvalue weighted by Crippen LogP contribution is -2.10. The van der Waals surface area contributed by atoms with Crippen LogP contribution >= 0.6 is 0 Å². The molecule has 0 atom stereocenters. The van der Waals surface area contributed by atoms with E-state index in [2.05, 4.69) is 155 Å². The minimum Gasteiger partial charge on any atom is -0.456 e. The van der Waals surface area contributed by atoms with Crippen LogP contribution in [0.3, 0.4) is 0 Å². The van der Waals surface area contributed by atoms with E-state index in [1.54, 1.807) is 0 Å². The fraction of sp³-hybridized carbons (Fsp3) is 0. The molecule has 0 radical (unpaired) electrons. The van der Waals surface area contributed by atoms with Crippen molar-refractivity contribution in [2.75, 3.05) is 4.90 Å². The minimum atomic E-state index is 0.587. The third-order valence-electron chi connectivity index (χ3n) is 10.4. The number of anilines is 3. The molecule has 5 heteroatoms. The van der Waals surface area contributed by atoms with E-state index in [1.807, 2.05) is 42.5 Å². The summed E-state index contributed by atoms with van der Waals surface area (Å²) in [6.07, 6.45) is 0. The van der Waals surface area contributed by atoms with Gasteiger partial charge >= 0.3 is 0 Å². The monoisotopic (exact) mass is 693 g/mol. The van der Waals surface area contributed by atoms with Crippen molar-refractivity contribution in [3.63, 3.8) is 0 Å². The first-order valence-corrected chi connectivity index (χ1v) is 18.1. The molecule has 11 rings (SSSR count). The van der Waals surface area contributed by atoms with Crippen LogP contribution in [0.4, 0.5) is 17.1 Å². The fourth-order valence-electron chi connectivity index (χ4n) is 8.01. The van der Waals surface area contributed by atoms with Gasteiger partial charge in [0.25, 0.3) is 0 Å². The van der Waals surface area contributed by atoms with Gasteiger partial charge in [-0.1, -0.05) is 103 Å². The van der Waals surface area contributed by atoms with Crippen LogP contribution < -0.4 is 4.90 Å². The highest BCUT2D eigenvalue weighted by atomic mass is 16.4. The zero-order valence-corrected chi connectivity index (χ0v) is 29.1. The number of fused-ring (bicyclic) bond motifs is 8. The van der Waals surface area contributed by atoms with E-state index in [1.165, 1.54) is 10.8 Å². The predicted molar refractivity (Wildman–Crippen MR) is 221 cm³/mol. The smallest absolute Gasteiger partial charge is 0.227 e. The van der Waals surface area contributed by atoms with E-state index in [0.717, 1.165) is 83.5 Å². The molecule has 0 saturated carbocycles. The number of hydrogen-bond acceptors (Lipinski definition) is 4. The highest BCUT2D eigenvalue weighted by Gasteiger charge is 2.23. The van der Waals surface area contributed by atoms with Gasteiger partial charge in [0.1, 0.15) is 16.7 Å². The summed E-state index contributed by atoms with van der Waals surface area (Å²) in [6, 6.07) is 65.7. The van der Waals surface area contributed by atoms with Gasteiger partial charge < -0.3 is 18.3 Å². The number of rotatable bonds is 6. The van der Waals surface area contributed by atoms with Gasteiger partial charge in [-0.2, -0.15) is 0 Å². The van der Waals surface area contributed by atoms with Crippen molar-refractivity contribution >= 4 is 71.9 Å². The summed E-state index contributed by atoms with van der Waals surface area (Å²) >= 11 is 0. The summed E-state index contributed by atoms with van der Waals surface area (Å²) < 4.78 is 15.2. The predicted octanol–water partition coefficient (Wildman–Crippen LogP) is 13.6. The van der Waals surface area contributed by atoms with Crippen LogP contribution in [0.15, 0.2) is 197 Å². The molecule has 8 aromatic carbocycles. The van der Waals surface area contributed by atoms with Gasteiger partial charge in [0.2, 0.25) is 5.89 Å². The zero-order valence-electron chi connectivity index (χ0n) is 29.1. The lowest BCUT2D eigenvalue weighted by Gasteiger charge is -2.27. The van der Waals surface area contributed by atoms with Gasteiger partial charge in [0, 0.05) is 38.8 Å². The highest BCUT2D eigenvalue weighted by molar-refractivity contribution is 6.19. The molecule has 0 amide bonds. The molecule has 254 valence electrons. The Balaban J connectivity index is 1.19. The Morgan fingerprint density at radius 3 is 1.91 bits per heavy atom. The quantitative estimate of drug-likeness (QED) is 0.174. The SMILES string of the molecule is c1ccc(-c2cccc(N(c3ccc4oc5ccc6oc(-c7ccccc7)nc6c5c4c3)c3cccc4c3c3ccccc3n4-c3ccccc3)c2)cc1. The van der Waals surface area contributed by atoms with Crippen LogP contribution in [0.2, 0.25) is 0 Å². The lowest BCUT2D eigenvalue weighted by molar-refractivity contribution is 0.619. The first-order valence-electron chi connectivity index (χ1n) is 18.1. The van der Waals surface area contributed by atoms with Gasteiger partial charge in [-0.25, -0.2) is 4.98 Å². The molecular formula is C49H31N3O2. The number of benzene rings is 8. The Hall–Kier alpha value is -7.37. The van der Waals surface area contributed by atoms with Crippen LogP contribution in [-0.4, -0.2) is 9.55 Å². The zero-order chi connectivity index (χ0) is 35.6. The summed E-state index contributed by atoms with van der Waals surface area (Å²) in [7, 11) is 0. The topological polar surface area (TPSA) is 47.3 Å².